The van der Waals surface area contributed by atoms with Crippen molar-refractivity contribution in [2.24, 2.45) is 16.6 Å². The third kappa shape index (κ3) is 7.22. The Labute approximate surface area is 210 Å². The van der Waals surface area contributed by atoms with Gasteiger partial charge < -0.3 is 31.8 Å². The molecule has 0 bridgehead atoms. The van der Waals surface area contributed by atoms with Crippen molar-refractivity contribution < 1.29 is 13.5 Å². The number of methoxy groups -OCH3 is 1. The number of hydrogen-bond donors (Lipinski definition) is 6. The molecule has 3 heterocycles. The molecular weight excluding hydrogens is 466 g/mol. The summed E-state index contributed by atoms with van der Waals surface area (Å²) in [7, 11) is 1.54. The van der Waals surface area contributed by atoms with Crippen LogP contribution in [0.2, 0.25) is 0 Å². The maximum absolute atomic E-state index is 13.1. The Morgan fingerprint density at radius 3 is 2.69 bits per heavy atom. The van der Waals surface area contributed by atoms with Crippen LogP contribution >= 0.6 is 0 Å². The highest BCUT2D eigenvalue weighted by molar-refractivity contribution is 5.97. The zero-order valence-corrected chi connectivity index (χ0v) is 20.7. The summed E-state index contributed by atoms with van der Waals surface area (Å²) in [5, 5.41) is 25.2. The molecule has 0 aromatic carbocycles. The molecule has 1 saturated heterocycles. The van der Waals surface area contributed by atoms with Crippen molar-refractivity contribution in [1.29, 1.82) is 10.8 Å². The van der Waals surface area contributed by atoms with Crippen molar-refractivity contribution in [3.05, 3.63) is 70.6 Å². The van der Waals surface area contributed by atoms with Crippen LogP contribution in [0.5, 0.6) is 0 Å². The SMILES string of the molecule is COC(CN=CC(=CN)C1=CNC2=CC=C(NC(=N)C=C(C=N)C(C)C)NC2=C1)CN1CC(F)(F)C1. The number of halogens is 2. The van der Waals surface area contributed by atoms with Gasteiger partial charge in [-0.25, -0.2) is 8.78 Å². The molecule has 9 nitrogen and oxygen atoms in total. The van der Waals surface area contributed by atoms with Gasteiger partial charge in [-0.05, 0) is 35.8 Å². The van der Waals surface area contributed by atoms with Crippen LogP contribution in [0.4, 0.5) is 8.78 Å². The summed E-state index contributed by atoms with van der Waals surface area (Å²) >= 11 is 0. The Morgan fingerprint density at radius 2 is 2.08 bits per heavy atom. The fourth-order valence-corrected chi connectivity index (χ4v) is 3.78. The van der Waals surface area contributed by atoms with Gasteiger partial charge in [0.1, 0.15) is 11.7 Å². The molecule has 1 unspecified atom stereocenters. The van der Waals surface area contributed by atoms with Gasteiger partial charge in [-0.2, -0.15) is 0 Å². The molecule has 0 saturated carbocycles. The number of fused-ring (bicyclic) bond motifs is 1. The first-order chi connectivity index (χ1) is 17.1. The number of nitrogens with zero attached hydrogens (tertiary/aromatic N) is 2. The van der Waals surface area contributed by atoms with E-state index in [9.17, 15) is 8.78 Å². The van der Waals surface area contributed by atoms with Crippen molar-refractivity contribution in [1.82, 2.24) is 20.9 Å². The molecule has 0 amide bonds. The average Bonchev–Trinajstić information content (AvgIpc) is 2.82. The first-order valence-corrected chi connectivity index (χ1v) is 11.6. The summed E-state index contributed by atoms with van der Waals surface area (Å²) in [5.41, 5.74) is 9.71. The molecule has 0 radical (unpaired) electrons. The van der Waals surface area contributed by atoms with E-state index in [1.165, 1.54) is 12.4 Å². The van der Waals surface area contributed by atoms with Crippen LogP contribution < -0.4 is 21.7 Å². The number of hydrogen-bond acceptors (Lipinski definition) is 8. The monoisotopic (exact) mass is 500 g/mol. The van der Waals surface area contributed by atoms with Crippen molar-refractivity contribution in [3.8, 4) is 0 Å². The van der Waals surface area contributed by atoms with Crippen LogP contribution in [0.1, 0.15) is 13.8 Å². The smallest absolute Gasteiger partial charge is 0.272 e. The number of nitrogens with two attached hydrogens (primary N) is 1. The minimum atomic E-state index is -2.61. The summed E-state index contributed by atoms with van der Waals surface area (Å²) in [6.45, 7) is 4.15. The van der Waals surface area contributed by atoms with Crippen molar-refractivity contribution in [3.63, 3.8) is 0 Å². The Morgan fingerprint density at radius 1 is 1.33 bits per heavy atom. The highest BCUT2D eigenvalue weighted by atomic mass is 19.3. The number of dihydropyridines is 2. The highest BCUT2D eigenvalue weighted by Gasteiger charge is 2.44. The van der Waals surface area contributed by atoms with Crippen LogP contribution in [0, 0.1) is 16.7 Å². The average molecular weight is 501 g/mol. The normalized spacial score (nSPS) is 20.7. The van der Waals surface area contributed by atoms with E-state index < -0.39 is 5.92 Å². The van der Waals surface area contributed by atoms with E-state index in [-0.39, 0.29) is 30.9 Å². The van der Waals surface area contributed by atoms with Crippen LogP contribution in [-0.2, 0) is 4.74 Å². The number of alkyl halides is 2. The molecule has 3 aliphatic rings. The molecule has 0 aromatic heterocycles. The molecule has 3 rings (SSSR count). The summed E-state index contributed by atoms with van der Waals surface area (Å²) < 4.78 is 31.5. The Balaban J connectivity index is 1.59. The highest BCUT2D eigenvalue weighted by Crippen LogP contribution is 2.26. The van der Waals surface area contributed by atoms with Crippen LogP contribution in [0.15, 0.2) is 75.6 Å². The lowest BCUT2D eigenvalue weighted by atomic mass is 10.0. The van der Waals surface area contributed by atoms with Gasteiger partial charge in [0.05, 0.1) is 37.1 Å². The molecule has 0 aromatic rings. The molecule has 7 N–H and O–H groups in total. The van der Waals surface area contributed by atoms with Crippen LogP contribution in [0.3, 0.4) is 0 Å². The van der Waals surface area contributed by atoms with E-state index in [1.54, 1.807) is 24.3 Å². The zero-order chi connectivity index (χ0) is 26.3. The van der Waals surface area contributed by atoms with E-state index in [4.69, 9.17) is 21.3 Å². The van der Waals surface area contributed by atoms with Crippen molar-refractivity contribution in [2.75, 3.05) is 33.3 Å². The summed E-state index contributed by atoms with van der Waals surface area (Å²) in [6.07, 6.45) is 13.1. The molecule has 11 heteroatoms. The first-order valence-electron chi connectivity index (χ1n) is 11.6. The maximum atomic E-state index is 13.1. The Hall–Kier alpha value is -3.57. The van der Waals surface area contributed by atoms with Gasteiger partial charge in [0.15, 0.2) is 0 Å². The number of aliphatic imine (C=N–C) groups is 1. The van der Waals surface area contributed by atoms with E-state index in [0.717, 1.165) is 22.5 Å². The Bertz CT molecular complexity index is 1070. The number of ether oxygens (including phenoxy) is 1. The molecule has 0 aliphatic carbocycles. The van der Waals surface area contributed by atoms with Gasteiger partial charge >= 0.3 is 0 Å². The number of allylic oxidation sites excluding steroid dienone is 6. The molecular formula is C25H34F2N8O. The summed E-state index contributed by atoms with van der Waals surface area (Å²) in [5.74, 6) is -1.67. The Kier molecular flexibility index (Phi) is 8.94. The third-order valence-electron chi connectivity index (χ3n) is 5.83. The molecule has 0 spiro atoms. The quantitative estimate of drug-likeness (QED) is 0.191. The number of rotatable bonds is 11. The van der Waals surface area contributed by atoms with Gasteiger partial charge in [0.25, 0.3) is 5.92 Å². The zero-order valence-electron chi connectivity index (χ0n) is 20.7. The second kappa shape index (κ2) is 11.9. The molecule has 1 fully saturated rings. The largest absolute Gasteiger partial charge is 0.404 e. The molecule has 1 atom stereocenters. The maximum Gasteiger partial charge on any atom is 0.272 e. The van der Waals surface area contributed by atoms with Gasteiger partial charge in [-0.15, -0.1) is 0 Å². The number of amidine groups is 1. The second-order valence-electron chi connectivity index (χ2n) is 9.07. The molecule has 36 heavy (non-hydrogen) atoms. The predicted octanol–water partition coefficient (Wildman–Crippen LogP) is 2.36. The molecule has 194 valence electrons. The van der Waals surface area contributed by atoms with Gasteiger partial charge in [-0.3, -0.25) is 15.3 Å². The summed E-state index contributed by atoms with van der Waals surface area (Å²) in [4.78, 5) is 6.07. The topological polar surface area (TPSA) is 135 Å². The third-order valence-corrected chi connectivity index (χ3v) is 5.83. The van der Waals surface area contributed by atoms with Gasteiger partial charge in [0, 0.05) is 49.6 Å². The summed E-state index contributed by atoms with van der Waals surface area (Å²) in [6, 6.07) is 0. The fourth-order valence-electron chi connectivity index (χ4n) is 3.78. The van der Waals surface area contributed by atoms with E-state index in [2.05, 4.69) is 20.9 Å². The van der Waals surface area contributed by atoms with Gasteiger partial charge in [-0.1, -0.05) is 13.8 Å². The van der Waals surface area contributed by atoms with Crippen LogP contribution in [0.25, 0.3) is 0 Å². The lowest BCUT2D eigenvalue weighted by molar-refractivity contribution is -0.140. The lowest BCUT2D eigenvalue weighted by Crippen LogP contribution is -2.58. The van der Waals surface area contributed by atoms with E-state index in [0.29, 0.717) is 24.5 Å². The number of likely N-dealkylation sites (tertiary alicyclic amines) is 1. The fraction of sp³-hybridized carbons (Fsp3) is 0.400. The number of nitrogens with one attached hydrogen (secondary N) is 5. The van der Waals surface area contributed by atoms with Crippen LogP contribution in [-0.4, -0.2) is 68.5 Å². The van der Waals surface area contributed by atoms with Crippen molar-refractivity contribution >= 4 is 18.3 Å². The first kappa shape index (κ1) is 27.0. The van der Waals surface area contributed by atoms with E-state index in [1.807, 2.05) is 38.3 Å². The standard InChI is InChI=1S/C25H34F2N8O/c1-16(2)17(8-28)7-23(30)34-24-5-4-21-22(33-24)6-18(11-32-21)19(9-29)10-31-12-20(36-3)13-35-14-25(26,27)15-35/h4-11,16,20,28,32-33H,12-15,29H2,1-3H3,(H2,30,34). The molecule has 3 aliphatic heterocycles. The lowest BCUT2D eigenvalue weighted by Gasteiger charge is -2.40. The van der Waals surface area contributed by atoms with E-state index >= 15 is 0 Å². The van der Waals surface area contributed by atoms with Crippen molar-refractivity contribution in [2.45, 2.75) is 25.9 Å². The van der Waals surface area contributed by atoms with Gasteiger partial charge in [0.2, 0.25) is 0 Å². The minimum absolute atomic E-state index is 0.144. The predicted molar refractivity (Wildman–Crippen MR) is 139 cm³/mol. The second-order valence-corrected chi connectivity index (χ2v) is 9.07. The minimum Gasteiger partial charge on any atom is -0.404 e.